The summed E-state index contributed by atoms with van der Waals surface area (Å²) in [5.41, 5.74) is -1.52. The van der Waals surface area contributed by atoms with Crippen LogP contribution in [-0.2, 0) is 11.0 Å². The minimum Gasteiger partial charge on any atom is -0.362 e. The summed E-state index contributed by atoms with van der Waals surface area (Å²) >= 11 is 0. The lowest BCUT2D eigenvalue weighted by Crippen LogP contribution is -2.48. The number of allylic oxidation sites excluding steroid dienone is 3. The number of nitro benzene ring substituents is 1. The zero-order valence-electron chi connectivity index (χ0n) is 14.1. The molecule has 9 heteroatoms. The molecule has 1 aliphatic rings. The van der Waals surface area contributed by atoms with E-state index in [2.05, 4.69) is 0 Å². The maximum atomic E-state index is 12.8. The van der Waals surface area contributed by atoms with Gasteiger partial charge in [0.1, 0.15) is 5.69 Å². The van der Waals surface area contributed by atoms with E-state index in [1.165, 1.54) is 6.08 Å². The summed E-state index contributed by atoms with van der Waals surface area (Å²) in [7, 11) is 0. The van der Waals surface area contributed by atoms with Crippen LogP contribution in [0.3, 0.4) is 0 Å². The van der Waals surface area contributed by atoms with E-state index in [9.17, 15) is 28.1 Å². The molecule has 0 saturated carbocycles. The first-order valence-electron chi connectivity index (χ1n) is 7.93. The van der Waals surface area contributed by atoms with Crippen molar-refractivity contribution in [1.82, 2.24) is 4.90 Å². The zero-order valence-corrected chi connectivity index (χ0v) is 14.1. The molecule has 0 aromatic heterocycles. The van der Waals surface area contributed by atoms with Crippen LogP contribution in [-0.4, -0.2) is 41.9 Å². The first kappa shape index (κ1) is 19.5. The van der Waals surface area contributed by atoms with Crippen LogP contribution in [0, 0.1) is 10.1 Å². The third kappa shape index (κ3) is 4.62. The number of hydrogen-bond acceptors (Lipinski definition) is 4. The van der Waals surface area contributed by atoms with E-state index < -0.39 is 22.4 Å². The Hall–Kier alpha value is -2.84. The van der Waals surface area contributed by atoms with Crippen LogP contribution in [0.4, 0.5) is 24.5 Å². The van der Waals surface area contributed by atoms with E-state index in [1.807, 2.05) is 6.92 Å². The lowest BCUT2D eigenvalue weighted by Gasteiger charge is -2.35. The van der Waals surface area contributed by atoms with Gasteiger partial charge in [-0.2, -0.15) is 13.2 Å². The van der Waals surface area contributed by atoms with Crippen LogP contribution >= 0.6 is 0 Å². The monoisotopic (exact) mass is 369 g/mol. The molecule has 0 atom stereocenters. The van der Waals surface area contributed by atoms with Gasteiger partial charge in [-0.1, -0.05) is 18.2 Å². The molecule has 1 aromatic carbocycles. The van der Waals surface area contributed by atoms with Gasteiger partial charge < -0.3 is 9.80 Å². The van der Waals surface area contributed by atoms with Gasteiger partial charge in [0.2, 0.25) is 5.91 Å². The van der Waals surface area contributed by atoms with Gasteiger partial charge >= 0.3 is 6.18 Å². The summed E-state index contributed by atoms with van der Waals surface area (Å²) in [4.78, 5) is 25.6. The number of benzene rings is 1. The van der Waals surface area contributed by atoms with Crippen molar-refractivity contribution in [1.29, 1.82) is 0 Å². The largest absolute Gasteiger partial charge is 0.416 e. The van der Waals surface area contributed by atoms with Crippen molar-refractivity contribution in [2.24, 2.45) is 0 Å². The van der Waals surface area contributed by atoms with E-state index in [-0.39, 0.29) is 11.6 Å². The van der Waals surface area contributed by atoms with Crippen molar-refractivity contribution in [2.45, 2.75) is 13.1 Å². The Kier molecular flexibility index (Phi) is 6.01. The predicted molar refractivity (Wildman–Crippen MR) is 90.8 cm³/mol. The van der Waals surface area contributed by atoms with Gasteiger partial charge in [-0.15, -0.1) is 0 Å². The Morgan fingerprint density at radius 3 is 2.38 bits per heavy atom. The van der Waals surface area contributed by atoms with Crippen molar-refractivity contribution in [3.05, 3.63) is 58.2 Å². The highest BCUT2D eigenvalue weighted by Crippen LogP contribution is 2.36. The second kappa shape index (κ2) is 8.03. The van der Waals surface area contributed by atoms with E-state index in [0.717, 1.165) is 12.1 Å². The molecular formula is C17H18F3N3O3. The summed E-state index contributed by atoms with van der Waals surface area (Å²) in [6.07, 6.45) is 1.91. The number of amides is 1. The number of halogens is 3. The van der Waals surface area contributed by atoms with Crippen molar-refractivity contribution in [2.75, 3.05) is 31.1 Å². The van der Waals surface area contributed by atoms with Gasteiger partial charge in [-0.05, 0) is 19.1 Å². The molecule has 140 valence electrons. The summed E-state index contributed by atoms with van der Waals surface area (Å²) in [5, 5.41) is 11.2. The molecule has 0 radical (unpaired) electrons. The second-order valence-electron chi connectivity index (χ2n) is 5.66. The Bertz CT molecular complexity index is 737. The fourth-order valence-corrected chi connectivity index (χ4v) is 2.64. The molecule has 26 heavy (non-hydrogen) atoms. The second-order valence-corrected chi connectivity index (χ2v) is 5.66. The molecule has 0 N–H and O–H groups in total. The Morgan fingerprint density at radius 2 is 1.85 bits per heavy atom. The molecule has 1 saturated heterocycles. The number of alkyl halides is 3. The Morgan fingerprint density at radius 1 is 1.19 bits per heavy atom. The fourth-order valence-electron chi connectivity index (χ4n) is 2.64. The SMILES string of the molecule is C/C=C/C=C/C(=O)N1CCN(c2ccc(C(F)(F)F)cc2[N+](=O)[O-])CC1. The van der Waals surface area contributed by atoms with Gasteiger partial charge in [-0.3, -0.25) is 14.9 Å². The number of nitrogens with zero attached hydrogens (tertiary/aromatic N) is 3. The highest BCUT2D eigenvalue weighted by atomic mass is 19.4. The van der Waals surface area contributed by atoms with Crippen molar-refractivity contribution < 1.29 is 22.9 Å². The minimum atomic E-state index is -4.65. The molecule has 1 aliphatic heterocycles. The number of rotatable bonds is 4. The smallest absolute Gasteiger partial charge is 0.362 e. The van der Waals surface area contributed by atoms with Crippen molar-refractivity contribution in [3.8, 4) is 0 Å². The van der Waals surface area contributed by atoms with E-state index in [0.29, 0.717) is 32.2 Å². The molecule has 1 heterocycles. The summed E-state index contributed by atoms with van der Waals surface area (Å²) in [6, 6.07) is 2.50. The van der Waals surface area contributed by atoms with Crippen molar-refractivity contribution in [3.63, 3.8) is 0 Å². The van der Waals surface area contributed by atoms with E-state index >= 15 is 0 Å². The number of piperazine rings is 1. The van der Waals surface area contributed by atoms with Gasteiger partial charge in [0.05, 0.1) is 10.5 Å². The first-order chi connectivity index (χ1) is 12.2. The molecule has 1 fully saturated rings. The number of nitro groups is 1. The summed E-state index contributed by atoms with van der Waals surface area (Å²) in [6.45, 7) is 3.09. The number of hydrogen-bond donors (Lipinski definition) is 0. The molecule has 6 nitrogen and oxygen atoms in total. The standard InChI is InChI=1S/C17H18F3N3O3/c1-2-3-4-5-16(24)22-10-8-21(9-11-22)14-7-6-13(17(18,19)20)12-15(14)23(25)26/h2-7,12H,8-11H2,1H3/b3-2+,5-4+. The van der Waals surface area contributed by atoms with Crippen molar-refractivity contribution >= 4 is 17.3 Å². The molecule has 0 spiro atoms. The molecule has 0 unspecified atom stereocenters. The molecule has 2 rings (SSSR count). The van der Waals surface area contributed by atoms with Crippen LogP contribution in [0.2, 0.25) is 0 Å². The fraction of sp³-hybridized carbons (Fsp3) is 0.353. The molecule has 1 amide bonds. The predicted octanol–water partition coefficient (Wildman–Crippen LogP) is 3.39. The number of carbonyl (C=O) groups excluding carboxylic acids is 1. The van der Waals surface area contributed by atoms with Gasteiger partial charge in [-0.25, -0.2) is 0 Å². The first-order valence-corrected chi connectivity index (χ1v) is 7.93. The molecular weight excluding hydrogens is 351 g/mol. The topological polar surface area (TPSA) is 66.7 Å². The van der Waals surface area contributed by atoms with Crippen LogP contribution < -0.4 is 4.90 Å². The third-order valence-electron chi connectivity index (χ3n) is 3.97. The van der Waals surface area contributed by atoms with E-state index in [4.69, 9.17) is 0 Å². The Labute approximate surface area is 148 Å². The quantitative estimate of drug-likeness (QED) is 0.353. The molecule has 1 aromatic rings. The van der Waals surface area contributed by atoms with Gasteiger partial charge in [0, 0.05) is 38.3 Å². The van der Waals surface area contributed by atoms with Gasteiger partial charge in [0.25, 0.3) is 5.69 Å². The van der Waals surface area contributed by atoms with Crippen LogP contribution in [0.25, 0.3) is 0 Å². The average Bonchev–Trinajstić information content (AvgIpc) is 2.60. The normalized spacial score (nSPS) is 15.8. The van der Waals surface area contributed by atoms with Crippen LogP contribution in [0.1, 0.15) is 12.5 Å². The molecule has 0 bridgehead atoms. The third-order valence-corrected chi connectivity index (χ3v) is 3.97. The van der Waals surface area contributed by atoms with Crippen LogP contribution in [0.5, 0.6) is 0 Å². The Balaban J connectivity index is 2.14. The molecule has 0 aliphatic carbocycles. The maximum Gasteiger partial charge on any atom is 0.416 e. The average molecular weight is 369 g/mol. The summed E-state index contributed by atoms with van der Waals surface area (Å²) < 4.78 is 38.3. The maximum absolute atomic E-state index is 12.8. The van der Waals surface area contributed by atoms with Crippen LogP contribution in [0.15, 0.2) is 42.5 Å². The summed E-state index contributed by atoms with van der Waals surface area (Å²) in [5.74, 6) is -0.176. The number of anilines is 1. The number of carbonyl (C=O) groups is 1. The lowest BCUT2D eigenvalue weighted by molar-refractivity contribution is -0.384. The lowest BCUT2D eigenvalue weighted by atomic mass is 10.1. The van der Waals surface area contributed by atoms with E-state index in [1.54, 1.807) is 28.0 Å². The highest BCUT2D eigenvalue weighted by molar-refractivity contribution is 5.88. The highest BCUT2D eigenvalue weighted by Gasteiger charge is 2.34. The minimum absolute atomic E-state index is 0.125. The zero-order chi connectivity index (χ0) is 19.3. The van der Waals surface area contributed by atoms with Gasteiger partial charge in [0.15, 0.2) is 0 Å².